The SMILES string of the molecule is CC.CC.Cc1ccc(Sn2c3ccccc3c3cc(C)ccc32)cc1. The standard InChI is InChI=1S/C20H17NS.2C2H6/c1-14-7-10-16(11-8-14)22-21-19-6-4-3-5-17(19)18-13-15(2)9-12-20(18)21;2*1-2/h3-13H,1-2H3;2*1-2H3. The average Bonchev–Trinajstić information content (AvgIpc) is 3.00. The van der Waals surface area contributed by atoms with Crippen LogP contribution in [0.5, 0.6) is 0 Å². The fourth-order valence-electron chi connectivity index (χ4n) is 2.85. The predicted octanol–water partition coefficient (Wildman–Crippen LogP) is 8.02. The van der Waals surface area contributed by atoms with E-state index in [0.717, 1.165) is 0 Å². The molecule has 0 saturated heterocycles. The van der Waals surface area contributed by atoms with Gasteiger partial charge in [0.1, 0.15) is 0 Å². The molecule has 1 nitrogen and oxygen atoms in total. The quantitative estimate of drug-likeness (QED) is 0.349. The van der Waals surface area contributed by atoms with Crippen LogP contribution in [-0.2, 0) is 0 Å². The number of nitrogens with zero attached hydrogens (tertiary/aromatic N) is 1. The van der Waals surface area contributed by atoms with Gasteiger partial charge in [-0.1, -0.05) is 75.2 Å². The van der Waals surface area contributed by atoms with Crippen molar-refractivity contribution in [3.63, 3.8) is 0 Å². The first kappa shape index (κ1) is 20.1. The number of benzene rings is 3. The molecule has 2 heteroatoms. The van der Waals surface area contributed by atoms with Crippen molar-refractivity contribution in [2.24, 2.45) is 0 Å². The molecule has 4 rings (SSSR count). The first-order valence-electron chi connectivity index (χ1n) is 9.47. The van der Waals surface area contributed by atoms with Gasteiger partial charge in [0.15, 0.2) is 0 Å². The van der Waals surface area contributed by atoms with E-state index >= 15 is 0 Å². The normalized spacial score (nSPS) is 10.1. The van der Waals surface area contributed by atoms with Crippen molar-refractivity contribution in [1.82, 2.24) is 3.97 Å². The van der Waals surface area contributed by atoms with Gasteiger partial charge in [0.05, 0.1) is 11.0 Å². The molecule has 4 aromatic rings. The second-order valence-electron chi connectivity index (χ2n) is 5.74. The van der Waals surface area contributed by atoms with Crippen molar-refractivity contribution >= 4 is 33.8 Å². The summed E-state index contributed by atoms with van der Waals surface area (Å²) in [5.74, 6) is 0. The van der Waals surface area contributed by atoms with Crippen molar-refractivity contribution in [2.75, 3.05) is 0 Å². The number of hydrogen-bond donors (Lipinski definition) is 0. The smallest absolute Gasteiger partial charge is 0.0608 e. The van der Waals surface area contributed by atoms with Crippen molar-refractivity contribution < 1.29 is 0 Å². The van der Waals surface area contributed by atoms with Crippen LogP contribution in [0, 0.1) is 13.8 Å². The average molecular weight is 364 g/mol. The van der Waals surface area contributed by atoms with Crippen molar-refractivity contribution in [2.45, 2.75) is 46.4 Å². The Hall–Kier alpha value is -2.19. The molecule has 26 heavy (non-hydrogen) atoms. The van der Waals surface area contributed by atoms with Gasteiger partial charge in [-0.2, -0.15) is 0 Å². The molecule has 0 aliphatic heterocycles. The van der Waals surface area contributed by atoms with Crippen LogP contribution in [0.25, 0.3) is 21.8 Å². The Bertz CT molecular complexity index is 965. The minimum atomic E-state index is 1.26. The molecule has 0 unspecified atom stereocenters. The molecular formula is C24H29NS. The summed E-state index contributed by atoms with van der Waals surface area (Å²) in [7, 11) is 0. The monoisotopic (exact) mass is 363 g/mol. The number of hydrogen-bond acceptors (Lipinski definition) is 1. The molecule has 0 saturated carbocycles. The number of rotatable bonds is 2. The van der Waals surface area contributed by atoms with Gasteiger partial charge in [0, 0.05) is 15.7 Å². The fourth-order valence-corrected chi connectivity index (χ4v) is 3.84. The summed E-state index contributed by atoms with van der Waals surface area (Å²) < 4.78 is 2.34. The van der Waals surface area contributed by atoms with Crippen LogP contribution in [0.1, 0.15) is 38.8 Å². The van der Waals surface area contributed by atoms with E-state index in [1.165, 1.54) is 37.8 Å². The third kappa shape index (κ3) is 4.13. The van der Waals surface area contributed by atoms with Crippen LogP contribution < -0.4 is 0 Å². The van der Waals surface area contributed by atoms with Crippen LogP contribution in [0.15, 0.2) is 71.6 Å². The van der Waals surface area contributed by atoms with Gasteiger partial charge in [-0.25, -0.2) is 0 Å². The maximum atomic E-state index is 2.34. The molecule has 0 bridgehead atoms. The lowest BCUT2D eigenvalue weighted by atomic mass is 10.1. The van der Waals surface area contributed by atoms with E-state index in [0.29, 0.717) is 0 Å². The van der Waals surface area contributed by atoms with E-state index in [-0.39, 0.29) is 0 Å². The minimum Gasteiger partial charge on any atom is -0.279 e. The highest BCUT2D eigenvalue weighted by Crippen LogP contribution is 2.35. The van der Waals surface area contributed by atoms with Crippen LogP contribution >= 0.6 is 11.9 Å². The molecule has 136 valence electrons. The van der Waals surface area contributed by atoms with Crippen molar-refractivity contribution in [3.05, 3.63) is 77.9 Å². The highest BCUT2D eigenvalue weighted by atomic mass is 32.2. The minimum absolute atomic E-state index is 1.26. The topological polar surface area (TPSA) is 4.93 Å². The van der Waals surface area contributed by atoms with E-state index in [1.807, 2.05) is 27.7 Å². The number of fused-ring (bicyclic) bond motifs is 3. The van der Waals surface area contributed by atoms with Crippen LogP contribution in [0.2, 0.25) is 0 Å². The summed E-state index contributed by atoms with van der Waals surface area (Å²) in [4.78, 5) is 1.26. The lowest BCUT2D eigenvalue weighted by Crippen LogP contribution is -1.86. The van der Waals surface area contributed by atoms with Crippen LogP contribution in [0.4, 0.5) is 0 Å². The number of aryl methyl sites for hydroxylation is 2. The predicted molar refractivity (Wildman–Crippen MR) is 119 cm³/mol. The number of aromatic nitrogens is 1. The second kappa shape index (κ2) is 9.49. The Balaban J connectivity index is 0.000000570. The summed E-state index contributed by atoms with van der Waals surface area (Å²) in [6.07, 6.45) is 0. The molecule has 0 radical (unpaired) electrons. The van der Waals surface area contributed by atoms with Crippen molar-refractivity contribution in [1.29, 1.82) is 0 Å². The summed E-state index contributed by atoms with van der Waals surface area (Å²) in [5.41, 5.74) is 5.14. The maximum Gasteiger partial charge on any atom is 0.0608 e. The molecule has 1 heterocycles. The third-order valence-electron chi connectivity index (χ3n) is 4.00. The summed E-state index contributed by atoms with van der Waals surface area (Å²) in [5, 5.41) is 2.65. The Morgan fingerprint density at radius 3 is 1.88 bits per heavy atom. The molecule has 0 spiro atoms. The van der Waals surface area contributed by atoms with Gasteiger partial charge in [-0.15, -0.1) is 0 Å². The van der Waals surface area contributed by atoms with Gasteiger partial charge < -0.3 is 0 Å². The van der Waals surface area contributed by atoms with E-state index in [2.05, 4.69) is 84.5 Å². The fraction of sp³-hybridized carbons (Fsp3) is 0.250. The first-order chi connectivity index (χ1) is 12.7. The highest BCUT2D eigenvalue weighted by Gasteiger charge is 2.11. The van der Waals surface area contributed by atoms with Gasteiger partial charge in [-0.05, 0) is 56.1 Å². The molecule has 1 aromatic heterocycles. The Morgan fingerprint density at radius 1 is 0.615 bits per heavy atom. The van der Waals surface area contributed by atoms with Gasteiger partial charge >= 0.3 is 0 Å². The largest absolute Gasteiger partial charge is 0.279 e. The van der Waals surface area contributed by atoms with Gasteiger partial charge in [-0.3, -0.25) is 3.97 Å². The van der Waals surface area contributed by atoms with Gasteiger partial charge in [0.25, 0.3) is 0 Å². The molecule has 0 amide bonds. The molecule has 0 aliphatic carbocycles. The molecule has 0 atom stereocenters. The summed E-state index contributed by atoms with van der Waals surface area (Å²) >= 11 is 1.78. The molecular weight excluding hydrogens is 334 g/mol. The van der Waals surface area contributed by atoms with E-state index in [9.17, 15) is 0 Å². The molecule has 0 fully saturated rings. The highest BCUT2D eigenvalue weighted by molar-refractivity contribution is 7.98. The third-order valence-corrected chi connectivity index (χ3v) is 5.06. The zero-order valence-electron chi connectivity index (χ0n) is 16.7. The molecule has 0 N–H and O–H groups in total. The maximum absolute atomic E-state index is 2.34. The lowest BCUT2D eigenvalue weighted by Gasteiger charge is -2.07. The molecule has 0 aliphatic rings. The van der Waals surface area contributed by atoms with Crippen LogP contribution in [0.3, 0.4) is 0 Å². The summed E-state index contributed by atoms with van der Waals surface area (Å²) in [6.45, 7) is 12.3. The first-order valence-corrected chi connectivity index (χ1v) is 10.2. The second-order valence-corrected chi connectivity index (χ2v) is 6.76. The van der Waals surface area contributed by atoms with E-state index < -0.39 is 0 Å². The molecule has 3 aromatic carbocycles. The lowest BCUT2D eigenvalue weighted by molar-refractivity contribution is 1.34. The Morgan fingerprint density at radius 2 is 1.19 bits per heavy atom. The zero-order chi connectivity index (χ0) is 19.1. The summed E-state index contributed by atoms with van der Waals surface area (Å²) in [6, 6.07) is 24.0. The van der Waals surface area contributed by atoms with Crippen molar-refractivity contribution in [3.8, 4) is 0 Å². The Labute approximate surface area is 162 Å². The Kier molecular flexibility index (Phi) is 7.35. The number of para-hydroxylation sites is 1. The van der Waals surface area contributed by atoms with E-state index in [4.69, 9.17) is 0 Å². The van der Waals surface area contributed by atoms with Gasteiger partial charge in [0.2, 0.25) is 0 Å². The zero-order valence-corrected chi connectivity index (χ0v) is 17.5. The van der Waals surface area contributed by atoms with E-state index in [1.54, 1.807) is 11.9 Å². The van der Waals surface area contributed by atoms with Crippen LogP contribution in [-0.4, -0.2) is 3.97 Å².